The van der Waals surface area contributed by atoms with Crippen molar-refractivity contribution in [2.45, 2.75) is 25.9 Å². The van der Waals surface area contributed by atoms with Crippen molar-refractivity contribution in [2.24, 2.45) is 0 Å². The van der Waals surface area contributed by atoms with Crippen LogP contribution in [0.2, 0.25) is 0 Å². The third-order valence-electron chi connectivity index (χ3n) is 3.70. The molecule has 2 rings (SSSR count). The molecule has 0 fully saturated rings. The molecule has 23 heavy (non-hydrogen) atoms. The second kappa shape index (κ2) is 7.50. The fourth-order valence-corrected chi connectivity index (χ4v) is 2.47. The number of hydrogen-bond acceptors (Lipinski definition) is 5. The summed E-state index contributed by atoms with van der Waals surface area (Å²) in [4.78, 5) is 12.9. The Bertz CT molecular complexity index is 635. The highest BCUT2D eigenvalue weighted by Gasteiger charge is 2.43. The fourth-order valence-electron chi connectivity index (χ4n) is 2.47. The van der Waals surface area contributed by atoms with Gasteiger partial charge >= 0.3 is 5.97 Å². The summed E-state index contributed by atoms with van der Waals surface area (Å²) < 4.78 is 17.5. The monoisotopic (exact) mass is 318 g/mol. The summed E-state index contributed by atoms with van der Waals surface area (Å²) in [6, 6.07) is 11.3. The predicted molar refractivity (Wildman–Crippen MR) is 85.2 cm³/mol. The largest absolute Gasteiger partial charge is 0.352 e. The normalized spacial score (nSPS) is 13.0. The topological polar surface area (TPSA) is 62.6 Å². The van der Waals surface area contributed by atoms with Gasteiger partial charge in [0.25, 0.3) is 5.78 Å². The third kappa shape index (κ3) is 3.34. The molecule has 0 aliphatic carbocycles. The van der Waals surface area contributed by atoms with Crippen molar-refractivity contribution in [1.29, 1.82) is 0 Å². The molecule has 0 saturated heterocycles. The van der Waals surface area contributed by atoms with Gasteiger partial charge in [-0.25, -0.2) is 0 Å². The number of nitrogens with zero attached hydrogens (tertiary/aromatic N) is 2. The van der Waals surface area contributed by atoms with Gasteiger partial charge in [0, 0.05) is 20.4 Å². The van der Waals surface area contributed by atoms with E-state index in [-0.39, 0.29) is 12.6 Å². The van der Waals surface area contributed by atoms with Crippen molar-refractivity contribution >= 4 is 5.78 Å². The minimum atomic E-state index is -1.76. The van der Waals surface area contributed by atoms with E-state index in [4.69, 9.17) is 14.2 Å². The zero-order valence-corrected chi connectivity index (χ0v) is 13.9. The molecule has 1 heterocycles. The molecule has 1 aromatic heterocycles. The molecule has 0 bridgehead atoms. The number of benzene rings is 1. The van der Waals surface area contributed by atoms with Gasteiger partial charge in [-0.15, -0.1) is 0 Å². The van der Waals surface area contributed by atoms with Crippen LogP contribution in [0.4, 0.5) is 0 Å². The smallest absolute Gasteiger partial charge is 0.324 e. The van der Waals surface area contributed by atoms with Crippen LogP contribution >= 0.6 is 0 Å². The number of aromatic nitrogens is 2. The highest BCUT2D eigenvalue weighted by Crippen LogP contribution is 2.24. The summed E-state index contributed by atoms with van der Waals surface area (Å²) in [5, 5.41) is 4.28. The lowest BCUT2D eigenvalue weighted by Crippen LogP contribution is -2.46. The average Bonchev–Trinajstić information content (AvgIpc) is 3.09. The van der Waals surface area contributed by atoms with Crippen LogP contribution in [-0.2, 0) is 14.2 Å². The van der Waals surface area contributed by atoms with E-state index in [0.29, 0.717) is 5.69 Å². The molecule has 6 nitrogen and oxygen atoms in total. The summed E-state index contributed by atoms with van der Waals surface area (Å²) in [7, 11) is 2.75. The Morgan fingerprint density at radius 1 is 1.22 bits per heavy atom. The lowest BCUT2D eigenvalue weighted by Gasteiger charge is -2.28. The zero-order chi connectivity index (χ0) is 16.9. The Labute approximate surface area is 136 Å². The van der Waals surface area contributed by atoms with Crippen molar-refractivity contribution in [3.05, 3.63) is 53.9 Å². The summed E-state index contributed by atoms with van der Waals surface area (Å²) >= 11 is 0. The van der Waals surface area contributed by atoms with E-state index in [1.807, 2.05) is 37.3 Å². The van der Waals surface area contributed by atoms with Crippen LogP contribution in [-0.4, -0.2) is 42.4 Å². The highest BCUT2D eigenvalue weighted by molar-refractivity contribution is 5.99. The van der Waals surface area contributed by atoms with Gasteiger partial charge < -0.3 is 14.2 Å². The number of ether oxygens (including phenoxy) is 3. The van der Waals surface area contributed by atoms with Gasteiger partial charge in [0.1, 0.15) is 5.69 Å². The van der Waals surface area contributed by atoms with Crippen LogP contribution in [0.15, 0.2) is 42.6 Å². The number of carbonyl (C=O) groups excluding carboxylic acids is 1. The summed E-state index contributed by atoms with van der Waals surface area (Å²) in [6.45, 7) is 4.01. The lowest BCUT2D eigenvalue weighted by molar-refractivity contribution is -0.321. The Hall–Kier alpha value is -2.02. The summed E-state index contributed by atoms with van der Waals surface area (Å²) in [5.41, 5.74) is 1.40. The van der Waals surface area contributed by atoms with Crippen molar-refractivity contribution in [2.75, 3.05) is 20.8 Å². The van der Waals surface area contributed by atoms with Crippen molar-refractivity contribution in [3.8, 4) is 0 Å². The molecule has 1 aromatic carbocycles. The van der Waals surface area contributed by atoms with Gasteiger partial charge in [0.2, 0.25) is 0 Å². The predicted octanol–water partition coefficient (Wildman–Crippen LogP) is 2.66. The van der Waals surface area contributed by atoms with Crippen LogP contribution in [0.5, 0.6) is 0 Å². The number of methoxy groups -OCH3 is 2. The van der Waals surface area contributed by atoms with Crippen molar-refractivity contribution in [3.63, 3.8) is 0 Å². The molecule has 6 heteroatoms. The number of carbonyl (C=O) groups is 1. The first-order chi connectivity index (χ1) is 11.1. The Morgan fingerprint density at radius 2 is 1.87 bits per heavy atom. The van der Waals surface area contributed by atoms with Gasteiger partial charge in [-0.1, -0.05) is 30.3 Å². The fraction of sp³-hybridized carbons (Fsp3) is 0.412. The molecule has 0 unspecified atom stereocenters. The molecule has 0 radical (unpaired) electrons. The zero-order valence-electron chi connectivity index (χ0n) is 13.9. The maximum atomic E-state index is 12.9. The molecule has 124 valence electrons. The van der Waals surface area contributed by atoms with Gasteiger partial charge in [-0.05, 0) is 25.5 Å². The second-order valence-corrected chi connectivity index (χ2v) is 4.97. The highest BCUT2D eigenvalue weighted by atomic mass is 16.9. The molecule has 0 aliphatic heterocycles. The number of hydrogen-bond donors (Lipinski definition) is 0. The molecule has 2 aromatic rings. The van der Waals surface area contributed by atoms with E-state index in [9.17, 15) is 4.79 Å². The minimum Gasteiger partial charge on any atom is -0.324 e. The lowest BCUT2D eigenvalue weighted by atomic mass is 10.1. The maximum absolute atomic E-state index is 12.9. The van der Waals surface area contributed by atoms with E-state index in [1.54, 1.807) is 23.9 Å². The van der Waals surface area contributed by atoms with E-state index in [1.165, 1.54) is 14.2 Å². The number of Topliss-reactive ketones (excluding diaryl/α,β-unsaturated/α-hetero) is 1. The van der Waals surface area contributed by atoms with Crippen LogP contribution in [0.1, 0.15) is 35.9 Å². The standard InChI is InChI=1S/C17H22N2O4/c1-5-23-17(21-3,22-4)16(20)15-11-12-18-19(15)13(2)14-9-7-6-8-10-14/h6-13H,5H2,1-4H3/t13-/m1/s1. The third-order valence-corrected chi connectivity index (χ3v) is 3.70. The Balaban J connectivity index is 2.38. The van der Waals surface area contributed by atoms with Crippen molar-refractivity contribution in [1.82, 2.24) is 9.78 Å². The van der Waals surface area contributed by atoms with Crippen LogP contribution in [0.3, 0.4) is 0 Å². The van der Waals surface area contributed by atoms with Crippen LogP contribution in [0.25, 0.3) is 0 Å². The first-order valence-electron chi connectivity index (χ1n) is 7.47. The molecular weight excluding hydrogens is 296 g/mol. The molecule has 0 amide bonds. The van der Waals surface area contributed by atoms with Crippen molar-refractivity contribution < 1.29 is 19.0 Å². The Morgan fingerprint density at radius 3 is 2.43 bits per heavy atom. The molecular formula is C17H22N2O4. The SMILES string of the molecule is CCOC(OC)(OC)C(=O)c1ccnn1[C@H](C)c1ccccc1. The van der Waals surface area contributed by atoms with Crippen LogP contribution < -0.4 is 0 Å². The average molecular weight is 318 g/mol. The van der Waals surface area contributed by atoms with Gasteiger partial charge in [0.05, 0.1) is 12.6 Å². The maximum Gasteiger partial charge on any atom is 0.352 e. The number of rotatable bonds is 8. The molecule has 0 aliphatic rings. The van der Waals surface area contributed by atoms with E-state index >= 15 is 0 Å². The van der Waals surface area contributed by atoms with E-state index in [0.717, 1.165) is 5.56 Å². The quantitative estimate of drug-likeness (QED) is 0.553. The van der Waals surface area contributed by atoms with Gasteiger partial charge in [-0.3, -0.25) is 9.48 Å². The first-order valence-corrected chi connectivity index (χ1v) is 7.47. The summed E-state index contributed by atoms with van der Waals surface area (Å²) in [5.74, 6) is -2.19. The van der Waals surface area contributed by atoms with Gasteiger partial charge in [-0.2, -0.15) is 5.10 Å². The molecule has 0 saturated carbocycles. The second-order valence-electron chi connectivity index (χ2n) is 4.97. The Kier molecular flexibility index (Phi) is 5.65. The molecule has 0 N–H and O–H groups in total. The molecule has 0 spiro atoms. The minimum absolute atomic E-state index is 0.113. The number of ketones is 1. The van der Waals surface area contributed by atoms with Gasteiger partial charge in [0.15, 0.2) is 0 Å². The molecule has 1 atom stereocenters. The van der Waals surface area contributed by atoms with E-state index in [2.05, 4.69) is 5.10 Å². The summed E-state index contributed by atoms with van der Waals surface area (Å²) in [6.07, 6.45) is 1.58. The van der Waals surface area contributed by atoms with Crippen LogP contribution in [0, 0.1) is 0 Å². The van der Waals surface area contributed by atoms with E-state index < -0.39 is 11.8 Å². The first kappa shape index (κ1) is 17.3.